The fourth-order valence-corrected chi connectivity index (χ4v) is 0.896. The van der Waals surface area contributed by atoms with E-state index in [0.717, 1.165) is 13.2 Å². The minimum absolute atomic E-state index is 0.424. The molecule has 0 aliphatic carbocycles. The standard InChI is InChI=1S/C6H12N2O2/c7-5(6(8)9)1-4-2-10-3-4/h4-5H,1-3,7H2,(H2,8,9). The van der Waals surface area contributed by atoms with Crippen LogP contribution in [0.15, 0.2) is 0 Å². The van der Waals surface area contributed by atoms with E-state index < -0.39 is 11.9 Å². The Labute approximate surface area is 59.5 Å². The molecule has 0 spiro atoms. The van der Waals surface area contributed by atoms with Crippen LogP contribution in [0, 0.1) is 5.92 Å². The van der Waals surface area contributed by atoms with E-state index in [1.165, 1.54) is 0 Å². The van der Waals surface area contributed by atoms with Crippen LogP contribution in [0.4, 0.5) is 0 Å². The molecule has 0 saturated carbocycles. The van der Waals surface area contributed by atoms with Gasteiger partial charge in [0.1, 0.15) is 0 Å². The smallest absolute Gasteiger partial charge is 0.234 e. The first-order chi connectivity index (χ1) is 4.70. The van der Waals surface area contributed by atoms with Crippen LogP contribution in [0.3, 0.4) is 0 Å². The van der Waals surface area contributed by atoms with Crippen LogP contribution in [0.1, 0.15) is 6.42 Å². The second kappa shape index (κ2) is 2.98. The summed E-state index contributed by atoms with van der Waals surface area (Å²) in [5, 5.41) is 0. The molecule has 1 rings (SSSR count). The first-order valence-corrected chi connectivity index (χ1v) is 3.33. The van der Waals surface area contributed by atoms with Crippen molar-refractivity contribution in [2.75, 3.05) is 13.2 Å². The molecule has 4 nitrogen and oxygen atoms in total. The van der Waals surface area contributed by atoms with Crippen molar-refractivity contribution in [1.29, 1.82) is 0 Å². The molecule has 10 heavy (non-hydrogen) atoms. The predicted molar refractivity (Wildman–Crippen MR) is 36.1 cm³/mol. The zero-order valence-electron chi connectivity index (χ0n) is 5.75. The zero-order chi connectivity index (χ0) is 7.56. The maximum absolute atomic E-state index is 10.4. The molecular formula is C6H12N2O2. The van der Waals surface area contributed by atoms with Gasteiger partial charge in [-0.2, -0.15) is 0 Å². The van der Waals surface area contributed by atoms with Gasteiger partial charge in [0, 0.05) is 5.92 Å². The van der Waals surface area contributed by atoms with Gasteiger partial charge >= 0.3 is 0 Å². The normalized spacial score (nSPS) is 21.7. The van der Waals surface area contributed by atoms with Gasteiger partial charge in [-0.15, -0.1) is 0 Å². The molecule has 1 saturated heterocycles. The summed E-state index contributed by atoms with van der Waals surface area (Å²) in [5.74, 6) is 0.0226. The SMILES string of the molecule is NC(=O)C(N)CC1COC1. The van der Waals surface area contributed by atoms with Crippen molar-refractivity contribution in [1.82, 2.24) is 0 Å². The molecule has 1 unspecified atom stereocenters. The number of carbonyl (C=O) groups excluding carboxylic acids is 1. The third-order valence-electron chi connectivity index (χ3n) is 1.66. The maximum Gasteiger partial charge on any atom is 0.234 e. The Kier molecular flexibility index (Phi) is 2.24. The van der Waals surface area contributed by atoms with Crippen LogP contribution in [0.25, 0.3) is 0 Å². The van der Waals surface area contributed by atoms with Crippen LogP contribution < -0.4 is 11.5 Å². The molecule has 1 atom stereocenters. The summed E-state index contributed by atoms with van der Waals surface area (Å²) in [5.41, 5.74) is 10.4. The third-order valence-corrected chi connectivity index (χ3v) is 1.66. The van der Waals surface area contributed by atoms with Crippen molar-refractivity contribution in [2.24, 2.45) is 17.4 Å². The lowest BCUT2D eigenvalue weighted by Gasteiger charge is -2.27. The van der Waals surface area contributed by atoms with Gasteiger partial charge in [0.25, 0.3) is 0 Å². The first-order valence-electron chi connectivity index (χ1n) is 3.33. The van der Waals surface area contributed by atoms with Gasteiger partial charge in [-0.1, -0.05) is 0 Å². The minimum atomic E-state index is -0.492. The van der Waals surface area contributed by atoms with E-state index in [4.69, 9.17) is 16.2 Å². The van der Waals surface area contributed by atoms with Crippen LogP contribution in [0.2, 0.25) is 0 Å². The van der Waals surface area contributed by atoms with Crippen LogP contribution in [-0.4, -0.2) is 25.2 Å². The quantitative estimate of drug-likeness (QED) is 0.524. The molecule has 0 radical (unpaired) electrons. The lowest BCUT2D eigenvalue weighted by molar-refractivity contribution is -0.120. The fourth-order valence-electron chi connectivity index (χ4n) is 0.896. The van der Waals surface area contributed by atoms with Crippen LogP contribution in [-0.2, 0) is 9.53 Å². The highest BCUT2D eigenvalue weighted by atomic mass is 16.5. The van der Waals surface area contributed by atoms with Gasteiger partial charge in [-0.25, -0.2) is 0 Å². The van der Waals surface area contributed by atoms with E-state index in [9.17, 15) is 4.79 Å². The van der Waals surface area contributed by atoms with Gasteiger partial charge < -0.3 is 16.2 Å². The van der Waals surface area contributed by atoms with Crippen LogP contribution >= 0.6 is 0 Å². The summed E-state index contributed by atoms with van der Waals surface area (Å²) < 4.78 is 4.91. The maximum atomic E-state index is 10.4. The average Bonchev–Trinajstić information content (AvgIpc) is 1.77. The molecule has 0 aromatic heterocycles. The summed E-state index contributed by atoms with van der Waals surface area (Å²) in [4.78, 5) is 10.4. The number of hydrogen-bond acceptors (Lipinski definition) is 3. The average molecular weight is 144 g/mol. The number of carbonyl (C=O) groups is 1. The Morgan fingerprint density at radius 2 is 2.30 bits per heavy atom. The largest absolute Gasteiger partial charge is 0.381 e. The van der Waals surface area contributed by atoms with E-state index in [2.05, 4.69) is 0 Å². The summed E-state index contributed by atoms with van der Waals surface area (Å²) in [6.45, 7) is 1.45. The first kappa shape index (κ1) is 7.50. The Bertz CT molecular complexity index is 134. The summed E-state index contributed by atoms with van der Waals surface area (Å²) in [7, 11) is 0. The van der Waals surface area contributed by atoms with E-state index in [-0.39, 0.29) is 0 Å². The number of primary amides is 1. The molecule has 1 heterocycles. The van der Waals surface area contributed by atoms with E-state index in [0.29, 0.717) is 12.3 Å². The minimum Gasteiger partial charge on any atom is -0.381 e. The molecule has 0 bridgehead atoms. The molecule has 1 aliphatic heterocycles. The van der Waals surface area contributed by atoms with Gasteiger partial charge in [0.2, 0.25) is 5.91 Å². The summed E-state index contributed by atoms with van der Waals surface area (Å²) in [6.07, 6.45) is 0.662. The third kappa shape index (κ3) is 1.68. The molecule has 58 valence electrons. The number of hydrogen-bond donors (Lipinski definition) is 2. The molecular weight excluding hydrogens is 132 g/mol. The predicted octanol–water partition coefficient (Wildman–Crippen LogP) is -1.16. The molecule has 0 aromatic carbocycles. The second-order valence-corrected chi connectivity index (χ2v) is 2.65. The highest BCUT2D eigenvalue weighted by Gasteiger charge is 2.23. The van der Waals surface area contributed by atoms with E-state index in [1.807, 2.05) is 0 Å². The summed E-state index contributed by atoms with van der Waals surface area (Å²) in [6, 6.07) is -0.492. The van der Waals surface area contributed by atoms with Crippen molar-refractivity contribution < 1.29 is 9.53 Å². The van der Waals surface area contributed by atoms with Gasteiger partial charge in [0.05, 0.1) is 19.3 Å². The van der Waals surface area contributed by atoms with Gasteiger partial charge in [-0.3, -0.25) is 4.79 Å². The molecule has 1 amide bonds. The van der Waals surface area contributed by atoms with Crippen molar-refractivity contribution in [3.8, 4) is 0 Å². The van der Waals surface area contributed by atoms with Crippen LogP contribution in [0.5, 0.6) is 0 Å². The van der Waals surface area contributed by atoms with Crippen molar-refractivity contribution in [2.45, 2.75) is 12.5 Å². The van der Waals surface area contributed by atoms with Gasteiger partial charge in [0.15, 0.2) is 0 Å². The number of nitrogens with two attached hydrogens (primary N) is 2. The summed E-state index contributed by atoms with van der Waals surface area (Å²) >= 11 is 0. The second-order valence-electron chi connectivity index (χ2n) is 2.65. The van der Waals surface area contributed by atoms with Gasteiger partial charge in [-0.05, 0) is 6.42 Å². The Balaban J connectivity index is 2.16. The zero-order valence-corrected chi connectivity index (χ0v) is 5.75. The Morgan fingerprint density at radius 3 is 2.60 bits per heavy atom. The molecule has 1 fully saturated rings. The monoisotopic (exact) mass is 144 g/mol. The lowest BCUT2D eigenvalue weighted by Crippen LogP contribution is -2.42. The highest BCUT2D eigenvalue weighted by Crippen LogP contribution is 2.15. The molecule has 4 N–H and O–H groups in total. The number of rotatable bonds is 3. The Hall–Kier alpha value is -0.610. The van der Waals surface area contributed by atoms with Crippen molar-refractivity contribution in [3.63, 3.8) is 0 Å². The number of amides is 1. The van der Waals surface area contributed by atoms with E-state index >= 15 is 0 Å². The molecule has 4 heteroatoms. The number of ether oxygens (including phenoxy) is 1. The lowest BCUT2D eigenvalue weighted by atomic mass is 9.99. The topological polar surface area (TPSA) is 78.3 Å². The fraction of sp³-hybridized carbons (Fsp3) is 0.833. The Morgan fingerprint density at radius 1 is 1.70 bits per heavy atom. The highest BCUT2D eigenvalue weighted by molar-refractivity contribution is 5.79. The molecule has 1 aliphatic rings. The van der Waals surface area contributed by atoms with Crippen molar-refractivity contribution in [3.05, 3.63) is 0 Å². The molecule has 0 aromatic rings. The van der Waals surface area contributed by atoms with E-state index in [1.54, 1.807) is 0 Å². The van der Waals surface area contributed by atoms with Crippen molar-refractivity contribution >= 4 is 5.91 Å².